The Kier molecular flexibility index (Phi) is 3.35. The standard InChI is InChI=1S/C16H20N2O3/c1-11(19)18-7-6-16(9-12(16)10-18)15(20)17-13-4-3-5-14(8-13)21-2/h3-5,8,12H,6-7,9-10H2,1-2H3,(H,17,20). The molecule has 2 atom stereocenters. The molecule has 1 heterocycles. The number of nitrogens with zero attached hydrogens (tertiary/aromatic N) is 1. The molecule has 2 fully saturated rings. The molecule has 0 spiro atoms. The maximum atomic E-state index is 12.6. The first-order valence-electron chi connectivity index (χ1n) is 7.26. The lowest BCUT2D eigenvalue weighted by atomic mass is 9.94. The molecular formula is C16H20N2O3. The summed E-state index contributed by atoms with van der Waals surface area (Å²) in [6.45, 7) is 2.98. The number of ether oxygens (including phenoxy) is 1. The molecular weight excluding hydrogens is 268 g/mol. The van der Waals surface area contributed by atoms with E-state index in [1.165, 1.54) is 0 Å². The van der Waals surface area contributed by atoms with Gasteiger partial charge < -0.3 is 15.0 Å². The van der Waals surface area contributed by atoms with Crippen LogP contribution in [0.2, 0.25) is 0 Å². The van der Waals surface area contributed by atoms with Gasteiger partial charge in [0.25, 0.3) is 0 Å². The van der Waals surface area contributed by atoms with Gasteiger partial charge in [-0.3, -0.25) is 9.59 Å². The second kappa shape index (κ2) is 5.06. The Bertz CT molecular complexity index is 587. The highest BCUT2D eigenvalue weighted by Gasteiger charge is 2.61. The van der Waals surface area contributed by atoms with E-state index in [0.29, 0.717) is 19.0 Å². The van der Waals surface area contributed by atoms with E-state index in [1.54, 1.807) is 14.0 Å². The molecule has 1 saturated carbocycles. The molecule has 1 saturated heterocycles. The third-order valence-electron chi connectivity index (χ3n) is 4.73. The number of fused-ring (bicyclic) bond motifs is 1. The van der Waals surface area contributed by atoms with Crippen molar-refractivity contribution in [1.82, 2.24) is 4.90 Å². The van der Waals surface area contributed by atoms with Crippen molar-refractivity contribution in [3.05, 3.63) is 24.3 Å². The van der Waals surface area contributed by atoms with E-state index >= 15 is 0 Å². The van der Waals surface area contributed by atoms with Crippen molar-refractivity contribution in [2.45, 2.75) is 19.8 Å². The van der Waals surface area contributed by atoms with E-state index in [2.05, 4.69) is 5.32 Å². The summed E-state index contributed by atoms with van der Waals surface area (Å²) in [5.41, 5.74) is 0.489. The van der Waals surface area contributed by atoms with Gasteiger partial charge in [0.2, 0.25) is 11.8 Å². The minimum absolute atomic E-state index is 0.0731. The first-order valence-corrected chi connectivity index (χ1v) is 7.26. The van der Waals surface area contributed by atoms with E-state index < -0.39 is 0 Å². The Morgan fingerprint density at radius 3 is 2.90 bits per heavy atom. The summed E-state index contributed by atoms with van der Waals surface area (Å²) in [5.74, 6) is 1.21. The van der Waals surface area contributed by atoms with Crippen LogP contribution in [-0.4, -0.2) is 36.9 Å². The zero-order valence-electron chi connectivity index (χ0n) is 12.4. The van der Waals surface area contributed by atoms with Crippen LogP contribution in [-0.2, 0) is 9.59 Å². The maximum absolute atomic E-state index is 12.6. The number of nitrogens with one attached hydrogen (secondary N) is 1. The van der Waals surface area contributed by atoms with Gasteiger partial charge in [0.15, 0.2) is 0 Å². The number of benzene rings is 1. The predicted molar refractivity (Wildman–Crippen MR) is 79.0 cm³/mol. The Morgan fingerprint density at radius 1 is 1.43 bits per heavy atom. The summed E-state index contributed by atoms with van der Waals surface area (Å²) in [5, 5.41) is 2.99. The fourth-order valence-electron chi connectivity index (χ4n) is 3.25. The van der Waals surface area contributed by atoms with Crippen molar-refractivity contribution >= 4 is 17.5 Å². The summed E-state index contributed by atoms with van der Waals surface area (Å²) >= 11 is 0. The van der Waals surface area contributed by atoms with Crippen molar-refractivity contribution in [2.75, 3.05) is 25.5 Å². The molecule has 0 radical (unpaired) electrons. The van der Waals surface area contributed by atoms with E-state index in [1.807, 2.05) is 29.2 Å². The highest BCUT2D eigenvalue weighted by Crippen LogP contribution is 2.58. The van der Waals surface area contributed by atoms with Gasteiger partial charge in [0.05, 0.1) is 12.5 Å². The molecule has 2 amide bonds. The van der Waals surface area contributed by atoms with E-state index in [4.69, 9.17) is 4.74 Å². The third-order valence-corrected chi connectivity index (χ3v) is 4.73. The molecule has 1 N–H and O–H groups in total. The number of piperidine rings is 1. The second-order valence-electron chi connectivity index (χ2n) is 5.96. The van der Waals surface area contributed by atoms with Crippen LogP contribution in [0.25, 0.3) is 0 Å². The van der Waals surface area contributed by atoms with Gasteiger partial charge in [-0.2, -0.15) is 0 Å². The largest absolute Gasteiger partial charge is 0.497 e. The van der Waals surface area contributed by atoms with Gasteiger partial charge in [-0.15, -0.1) is 0 Å². The van der Waals surface area contributed by atoms with Crippen LogP contribution in [0.4, 0.5) is 5.69 Å². The second-order valence-corrected chi connectivity index (χ2v) is 5.96. The molecule has 5 heteroatoms. The van der Waals surface area contributed by atoms with E-state index in [-0.39, 0.29) is 17.2 Å². The van der Waals surface area contributed by atoms with Crippen molar-refractivity contribution in [1.29, 1.82) is 0 Å². The molecule has 21 heavy (non-hydrogen) atoms. The van der Waals surface area contributed by atoms with Crippen LogP contribution in [0.3, 0.4) is 0 Å². The Labute approximate surface area is 124 Å². The van der Waals surface area contributed by atoms with Gasteiger partial charge >= 0.3 is 0 Å². The van der Waals surface area contributed by atoms with Crippen LogP contribution in [0.15, 0.2) is 24.3 Å². The number of hydrogen-bond donors (Lipinski definition) is 1. The topological polar surface area (TPSA) is 58.6 Å². The minimum atomic E-state index is -0.269. The molecule has 1 aliphatic carbocycles. The zero-order chi connectivity index (χ0) is 15.0. The molecule has 1 aliphatic heterocycles. The fraction of sp³-hybridized carbons (Fsp3) is 0.500. The summed E-state index contributed by atoms with van der Waals surface area (Å²) in [4.78, 5) is 25.8. The monoisotopic (exact) mass is 288 g/mol. The lowest BCUT2D eigenvalue weighted by Gasteiger charge is -2.30. The van der Waals surface area contributed by atoms with Gasteiger partial charge in [0.1, 0.15) is 5.75 Å². The molecule has 2 aliphatic rings. The van der Waals surface area contributed by atoms with Gasteiger partial charge in [0, 0.05) is 31.8 Å². The van der Waals surface area contributed by atoms with Gasteiger partial charge in [-0.05, 0) is 30.9 Å². The molecule has 3 rings (SSSR count). The number of methoxy groups -OCH3 is 1. The lowest BCUT2D eigenvalue weighted by molar-refractivity contribution is -0.132. The van der Waals surface area contributed by atoms with Crippen molar-refractivity contribution in [3.63, 3.8) is 0 Å². The highest BCUT2D eigenvalue weighted by atomic mass is 16.5. The first kappa shape index (κ1) is 13.9. The van der Waals surface area contributed by atoms with Crippen molar-refractivity contribution in [3.8, 4) is 5.75 Å². The van der Waals surface area contributed by atoms with Gasteiger partial charge in [-0.25, -0.2) is 0 Å². The molecule has 1 aromatic rings. The predicted octanol–water partition coefficient (Wildman–Crippen LogP) is 1.89. The van der Waals surface area contributed by atoms with E-state index in [0.717, 1.165) is 24.3 Å². The van der Waals surface area contributed by atoms with E-state index in [9.17, 15) is 9.59 Å². The third kappa shape index (κ3) is 2.48. The molecule has 0 aromatic heterocycles. The summed E-state index contributed by atoms with van der Waals surface area (Å²) < 4.78 is 5.16. The van der Waals surface area contributed by atoms with Crippen LogP contribution in [0.1, 0.15) is 19.8 Å². The van der Waals surface area contributed by atoms with Crippen LogP contribution in [0, 0.1) is 11.3 Å². The maximum Gasteiger partial charge on any atom is 0.231 e. The number of amides is 2. The molecule has 5 nitrogen and oxygen atoms in total. The first-order chi connectivity index (χ1) is 10.0. The molecule has 1 aromatic carbocycles. The van der Waals surface area contributed by atoms with Crippen LogP contribution in [0.5, 0.6) is 5.75 Å². The number of anilines is 1. The highest BCUT2D eigenvalue weighted by molar-refractivity contribution is 5.98. The van der Waals surface area contributed by atoms with Crippen molar-refractivity contribution in [2.24, 2.45) is 11.3 Å². The Hall–Kier alpha value is -2.04. The Balaban J connectivity index is 1.66. The Morgan fingerprint density at radius 2 is 2.24 bits per heavy atom. The van der Waals surface area contributed by atoms with Gasteiger partial charge in [-0.1, -0.05) is 6.07 Å². The molecule has 112 valence electrons. The van der Waals surface area contributed by atoms with Crippen LogP contribution < -0.4 is 10.1 Å². The van der Waals surface area contributed by atoms with Crippen molar-refractivity contribution < 1.29 is 14.3 Å². The number of rotatable bonds is 3. The summed E-state index contributed by atoms with van der Waals surface area (Å²) in [7, 11) is 1.61. The normalized spacial score (nSPS) is 26.8. The quantitative estimate of drug-likeness (QED) is 0.924. The summed E-state index contributed by atoms with van der Waals surface area (Å²) in [6, 6.07) is 7.38. The number of likely N-dealkylation sites (tertiary alicyclic amines) is 1. The lowest BCUT2D eigenvalue weighted by Crippen LogP contribution is -2.41. The SMILES string of the molecule is COc1cccc(NC(=O)C23CCN(C(C)=O)CC2C3)c1. The number of hydrogen-bond acceptors (Lipinski definition) is 3. The average Bonchev–Trinajstić information content (AvgIpc) is 3.22. The smallest absolute Gasteiger partial charge is 0.231 e. The average molecular weight is 288 g/mol. The molecule has 0 bridgehead atoms. The number of carbonyl (C=O) groups is 2. The molecule has 2 unspecified atom stereocenters. The summed E-state index contributed by atoms with van der Waals surface area (Å²) in [6.07, 6.45) is 1.64. The minimum Gasteiger partial charge on any atom is -0.497 e. The fourth-order valence-corrected chi connectivity index (χ4v) is 3.25. The number of carbonyl (C=O) groups excluding carboxylic acids is 2. The zero-order valence-corrected chi connectivity index (χ0v) is 12.4. The van der Waals surface area contributed by atoms with Crippen LogP contribution >= 0.6 is 0 Å².